The van der Waals surface area contributed by atoms with E-state index in [1.165, 1.54) is 11.1 Å². The molecule has 4 nitrogen and oxygen atoms in total. The maximum Gasteiger partial charge on any atom is 0.0962 e. The number of aromatic nitrogens is 3. The predicted octanol–water partition coefficient (Wildman–Crippen LogP) is 3.14. The van der Waals surface area contributed by atoms with Crippen LogP contribution in [0, 0.1) is 13.8 Å². The molecular weight excluding hydrogens is 248 g/mol. The second-order valence-electron chi connectivity index (χ2n) is 5.08. The molecule has 2 heterocycles. The molecule has 1 N–H and O–H groups in total. The summed E-state index contributed by atoms with van der Waals surface area (Å²) in [5.41, 5.74) is 6.86. The largest absolute Gasteiger partial charge is 0.388 e. The number of nitrogens with zero attached hydrogens (tertiary/aromatic N) is 3. The lowest BCUT2D eigenvalue weighted by Gasteiger charge is -2.07. The van der Waals surface area contributed by atoms with Crippen molar-refractivity contribution in [1.82, 2.24) is 14.5 Å². The van der Waals surface area contributed by atoms with Crippen LogP contribution in [0.1, 0.15) is 16.8 Å². The number of pyridine rings is 1. The van der Waals surface area contributed by atoms with Gasteiger partial charge in [0.05, 0.1) is 29.6 Å². The minimum atomic E-state index is 0.731. The fraction of sp³-hybridized carbons (Fsp3) is 0.250. The second kappa shape index (κ2) is 4.96. The van der Waals surface area contributed by atoms with Gasteiger partial charge in [-0.15, -0.1) is 0 Å². The molecular formula is C16H18N4. The maximum absolute atomic E-state index is 4.48. The van der Waals surface area contributed by atoms with Gasteiger partial charge in [0.15, 0.2) is 0 Å². The molecule has 0 fully saturated rings. The van der Waals surface area contributed by atoms with Crippen LogP contribution in [0.5, 0.6) is 0 Å². The van der Waals surface area contributed by atoms with Crippen molar-refractivity contribution in [2.75, 3.05) is 12.4 Å². The molecule has 0 saturated heterocycles. The van der Waals surface area contributed by atoms with Crippen molar-refractivity contribution < 1.29 is 0 Å². The summed E-state index contributed by atoms with van der Waals surface area (Å²) in [5, 5.41) is 3.14. The summed E-state index contributed by atoms with van der Waals surface area (Å²) < 4.78 is 2.14. The first-order valence-electron chi connectivity index (χ1n) is 6.72. The van der Waals surface area contributed by atoms with Crippen LogP contribution in [0.2, 0.25) is 0 Å². The molecule has 0 bridgehead atoms. The molecule has 102 valence electrons. The third-order valence-electron chi connectivity index (χ3n) is 3.67. The fourth-order valence-corrected chi connectivity index (χ4v) is 2.33. The highest BCUT2D eigenvalue weighted by atomic mass is 15.1. The number of nitrogens with one attached hydrogen (secondary N) is 1. The van der Waals surface area contributed by atoms with Gasteiger partial charge in [0, 0.05) is 18.9 Å². The standard InChI is InChI=1S/C16H18N4/c1-11-6-15-16(7-12(11)2)20(10-19-15)9-14-8-13(17-3)4-5-18-14/h4-8,10H,9H2,1-3H3,(H,17,18). The molecule has 0 saturated carbocycles. The number of imidazole rings is 1. The third kappa shape index (κ3) is 2.25. The van der Waals surface area contributed by atoms with Crippen LogP contribution >= 0.6 is 0 Å². The number of fused-ring (bicyclic) bond motifs is 1. The van der Waals surface area contributed by atoms with Gasteiger partial charge >= 0.3 is 0 Å². The Morgan fingerprint density at radius 2 is 1.90 bits per heavy atom. The van der Waals surface area contributed by atoms with Gasteiger partial charge in [0.25, 0.3) is 0 Å². The lowest BCUT2D eigenvalue weighted by molar-refractivity contribution is 0.797. The molecule has 3 rings (SSSR count). The molecule has 0 unspecified atom stereocenters. The zero-order valence-electron chi connectivity index (χ0n) is 12.0. The van der Waals surface area contributed by atoms with E-state index in [9.17, 15) is 0 Å². The molecule has 4 heteroatoms. The Labute approximate surface area is 118 Å². The summed E-state index contributed by atoms with van der Waals surface area (Å²) in [5.74, 6) is 0. The number of rotatable bonds is 3. The average molecular weight is 266 g/mol. The van der Waals surface area contributed by atoms with Crippen molar-refractivity contribution in [2.45, 2.75) is 20.4 Å². The highest BCUT2D eigenvalue weighted by Crippen LogP contribution is 2.19. The van der Waals surface area contributed by atoms with E-state index in [0.717, 1.165) is 29.0 Å². The molecule has 1 aromatic carbocycles. The normalized spacial score (nSPS) is 10.9. The van der Waals surface area contributed by atoms with Crippen molar-refractivity contribution >= 4 is 16.7 Å². The fourth-order valence-electron chi connectivity index (χ4n) is 2.33. The highest BCUT2D eigenvalue weighted by molar-refractivity contribution is 5.77. The summed E-state index contributed by atoms with van der Waals surface area (Å²) in [6, 6.07) is 8.36. The van der Waals surface area contributed by atoms with Crippen molar-refractivity contribution in [1.29, 1.82) is 0 Å². The lowest BCUT2D eigenvalue weighted by Crippen LogP contribution is -2.01. The van der Waals surface area contributed by atoms with Gasteiger partial charge in [-0.1, -0.05) is 0 Å². The molecule has 0 atom stereocenters. The van der Waals surface area contributed by atoms with Gasteiger partial charge in [0.1, 0.15) is 0 Å². The van der Waals surface area contributed by atoms with Crippen LogP contribution in [-0.4, -0.2) is 21.6 Å². The van der Waals surface area contributed by atoms with E-state index in [1.807, 2.05) is 25.6 Å². The molecule has 0 radical (unpaired) electrons. The Kier molecular flexibility index (Phi) is 3.14. The van der Waals surface area contributed by atoms with Crippen molar-refractivity contribution in [3.8, 4) is 0 Å². The topological polar surface area (TPSA) is 42.7 Å². The molecule has 3 aromatic rings. The highest BCUT2D eigenvalue weighted by Gasteiger charge is 2.06. The first kappa shape index (κ1) is 12.7. The predicted molar refractivity (Wildman–Crippen MR) is 82.1 cm³/mol. The Bertz CT molecular complexity index is 758. The van der Waals surface area contributed by atoms with Crippen LogP contribution in [0.25, 0.3) is 11.0 Å². The minimum Gasteiger partial charge on any atom is -0.388 e. The van der Waals surface area contributed by atoms with E-state index in [2.05, 4.69) is 51.9 Å². The Morgan fingerprint density at radius 3 is 2.70 bits per heavy atom. The van der Waals surface area contributed by atoms with Crippen LogP contribution in [-0.2, 0) is 6.54 Å². The Hall–Kier alpha value is -2.36. The van der Waals surface area contributed by atoms with E-state index in [0.29, 0.717) is 0 Å². The van der Waals surface area contributed by atoms with Crippen LogP contribution in [0.3, 0.4) is 0 Å². The van der Waals surface area contributed by atoms with Gasteiger partial charge in [-0.05, 0) is 49.2 Å². The van der Waals surface area contributed by atoms with Crippen LogP contribution in [0.15, 0.2) is 36.8 Å². The van der Waals surface area contributed by atoms with Gasteiger partial charge in [0.2, 0.25) is 0 Å². The van der Waals surface area contributed by atoms with E-state index in [4.69, 9.17) is 0 Å². The van der Waals surface area contributed by atoms with E-state index in [1.54, 1.807) is 0 Å². The SMILES string of the molecule is CNc1ccnc(Cn2cnc3cc(C)c(C)cc32)c1. The number of anilines is 1. The zero-order chi connectivity index (χ0) is 14.1. The summed E-state index contributed by atoms with van der Waals surface area (Å²) in [6.45, 7) is 4.98. The third-order valence-corrected chi connectivity index (χ3v) is 3.67. The van der Waals surface area contributed by atoms with Crippen molar-refractivity contribution in [3.05, 3.63) is 53.6 Å². The van der Waals surface area contributed by atoms with Crippen LogP contribution in [0.4, 0.5) is 5.69 Å². The first-order valence-corrected chi connectivity index (χ1v) is 6.72. The zero-order valence-corrected chi connectivity index (χ0v) is 12.0. The molecule has 2 aromatic heterocycles. The minimum absolute atomic E-state index is 0.731. The summed E-state index contributed by atoms with van der Waals surface area (Å²) in [4.78, 5) is 8.90. The monoisotopic (exact) mass is 266 g/mol. The number of aryl methyl sites for hydroxylation is 2. The van der Waals surface area contributed by atoms with E-state index >= 15 is 0 Å². The number of benzene rings is 1. The average Bonchev–Trinajstić information content (AvgIpc) is 2.82. The van der Waals surface area contributed by atoms with Crippen molar-refractivity contribution in [2.24, 2.45) is 0 Å². The smallest absolute Gasteiger partial charge is 0.0962 e. The van der Waals surface area contributed by atoms with Crippen molar-refractivity contribution in [3.63, 3.8) is 0 Å². The number of hydrogen-bond acceptors (Lipinski definition) is 3. The summed E-state index contributed by atoms with van der Waals surface area (Å²) >= 11 is 0. The van der Waals surface area contributed by atoms with E-state index < -0.39 is 0 Å². The van der Waals surface area contributed by atoms with Crippen LogP contribution < -0.4 is 5.32 Å². The van der Waals surface area contributed by atoms with Gasteiger partial charge < -0.3 is 9.88 Å². The maximum atomic E-state index is 4.48. The van der Waals surface area contributed by atoms with E-state index in [-0.39, 0.29) is 0 Å². The first-order chi connectivity index (χ1) is 9.67. The second-order valence-corrected chi connectivity index (χ2v) is 5.08. The molecule has 0 aliphatic carbocycles. The Morgan fingerprint density at radius 1 is 1.10 bits per heavy atom. The lowest BCUT2D eigenvalue weighted by atomic mass is 10.1. The molecule has 0 spiro atoms. The molecule has 0 aliphatic heterocycles. The van der Waals surface area contributed by atoms with Gasteiger partial charge in [-0.25, -0.2) is 4.98 Å². The molecule has 0 aliphatic rings. The Balaban J connectivity index is 2.00. The van der Waals surface area contributed by atoms with Gasteiger partial charge in [-0.2, -0.15) is 0 Å². The number of hydrogen-bond donors (Lipinski definition) is 1. The molecule has 0 amide bonds. The molecule has 20 heavy (non-hydrogen) atoms. The summed E-state index contributed by atoms with van der Waals surface area (Å²) in [6.07, 6.45) is 3.72. The quantitative estimate of drug-likeness (QED) is 0.792. The van der Waals surface area contributed by atoms with Gasteiger partial charge in [-0.3, -0.25) is 4.98 Å². The summed E-state index contributed by atoms with van der Waals surface area (Å²) in [7, 11) is 1.91.